The van der Waals surface area contributed by atoms with Gasteiger partial charge in [0.1, 0.15) is 5.82 Å². The molecule has 130 valence electrons. The first-order valence-electron chi connectivity index (χ1n) is 6.79. The van der Waals surface area contributed by atoms with Gasteiger partial charge in [0.05, 0.1) is 25.7 Å². The molecule has 1 atom stereocenters. The molecule has 0 radical (unpaired) electrons. The van der Waals surface area contributed by atoms with E-state index in [1.54, 1.807) is 6.92 Å². The molecule has 0 aromatic heterocycles. The van der Waals surface area contributed by atoms with Crippen molar-refractivity contribution >= 4 is 11.7 Å². The van der Waals surface area contributed by atoms with Crippen molar-refractivity contribution in [1.82, 2.24) is 4.90 Å². The quantitative estimate of drug-likeness (QED) is 0.697. The van der Waals surface area contributed by atoms with Gasteiger partial charge < -0.3 is 20.4 Å². The number of carbonyl (C=O) groups excluding carboxylic acids is 1. The van der Waals surface area contributed by atoms with Gasteiger partial charge in [0.15, 0.2) is 0 Å². The molecule has 0 bridgehead atoms. The van der Waals surface area contributed by atoms with E-state index >= 15 is 0 Å². The van der Waals surface area contributed by atoms with Gasteiger partial charge in [0.2, 0.25) is 0 Å². The summed E-state index contributed by atoms with van der Waals surface area (Å²) in [6.07, 6.45) is -7.11. The van der Waals surface area contributed by atoms with E-state index < -0.39 is 50.2 Å². The van der Waals surface area contributed by atoms with Crippen molar-refractivity contribution in [2.75, 3.05) is 25.0 Å². The molecular formula is C14H18F4N2O3. The van der Waals surface area contributed by atoms with Crippen molar-refractivity contribution in [2.24, 2.45) is 0 Å². The van der Waals surface area contributed by atoms with Gasteiger partial charge in [-0.15, -0.1) is 0 Å². The summed E-state index contributed by atoms with van der Waals surface area (Å²) in [7, 11) is 0. The zero-order valence-electron chi connectivity index (χ0n) is 12.4. The normalized spacial score (nSPS) is 12.8. The first kappa shape index (κ1) is 19.2. The highest BCUT2D eigenvalue weighted by Gasteiger charge is 2.29. The number of nitrogens with one attached hydrogen (secondary N) is 1. The van der Waals surface area contributed by atoms with Crippen LogP contribution in [0.25, 0.3) is 0 Å². The Morgan fingerprint density at radius 1 is 1.35 bits per heavy atom. The number of anilines is 1. The van der Waals surface area contributed by atoms with E-state index in [-0.39, 0.29) is 5.69 Å². The molecule has 0 saturated heterocycles. The van der Waals surface area contributed by atoms with E-state index in [1.807, 2.05) is 0 Å². The fourth-order valence-electron chi connectivity index (χ4n) is 1.86. The number of amides is 2. The second-order valence-corrected chi connectivity index (χ2v) is 5.09. The highest BCUT2D eigenvalue weighted by atomic mass is 19.4. The molecule has 0 saturated carbocycles. The summed E-state index contributed by atoms with van der Waals surface area (Å²) in [6.45, 7) is -0.280. The number of carbonyl (C=O) groups is 1. The number of hydrogen-bond acceptors (Lipinski definition) is 3. The summed E-state index contributed by atoms with van der Waals surface area (Å²) < 4.78 is 50.2. The Hall–Kier alpha value is -1.87. The van der Waals surface area contributed by atoms with Gasteiger partial charge in [0.25, 0.3) is 0 Å². The number of benzene rings is 1. The molecule has 23 heavy (non-hydrogen) atoms. The van der Waals surface area contributed by atoms with Gasteiger partial charge in [-0.1, -0.05) is 0 Å². The molecule has 1 aromatic rings. The van der Waals surface area contributed by atoms with Crippen LogP contribution in [-0.4, -0.2) is 53.1 Å². The fraction of sp³-hybridized carbons (Fsp3) is 0.500. The van der Waals surface area contributed by atoms with Crippen LogP contribution in [-0.2, 0) is 0 Å². The number of aryl methyl sites for hydroxylation is 1. The molecule has 0 aliphatic heterocycles. The van der Waals surface area contributed by atoms with E-state index in [4.69, 9.17) is 5.11 Å². The summed E-state index contributed by atoms with van der Waals surface area (Å²) in [5.41, 5.74) is 0.612. The molecule has 9 heteroatoms. The van der Waals surface area contributed by atoms with E-state index in [0.717, 1.165) is 6.07 Å². The number of hydrogen-bond donors (Lipinski definition) is 3. The Labute approximate surface area is 130 Å². The van der Waals surface area contributed by atoms with E-state index in [1.165, 1.54) is 12.1 Å². The van der Waals surface area contributed by atoms with Gasteiger partial charge >= 0.3 is 12.2 Å². The SMILES string of the molecule is Cc1cc(F)cc(NC(=O)N(CCC(F)(F)F)C[C@H](O)CO)c1. The molecule has 0 unspecified atom stereocenters. The van der Waals surface area contributed by atoms with Crippen LogP contribution in [0, 0.1) is 12.7 Å². The van der Waals surface area contributed by atoms with Crippen molar-refractivity contribution < 1.29 is 32.6 Å². The van der Waals surface area contributed by atoms with E-state index in [0.29, 0.717) is 10.5 Å². The number of aliphatic hydroxyl groups is 2. The number of halogens is 4. The zero-order valence-corrected chi connectivity index (χ0v) is 12.4. The second-order valence-electron chi connectivity index (χ2n) is 5.09. The molecular weight excluding hydrogens is 320 g/mol. The van der Waals surface area contributed by atoms with E-state index in [9.17, 15) is 27.5 Å². The van der Waals surface area contributed by atoms with Crippen LogP contribution in [0.3, 0.4) is 0 Å². The maximum Gasteiger partial charge on any atom is 0.390 e. The lowest BCUT2D eigenvalue weighted by molar-refractivity contribution is -0.137. The summed E-state index contributed by atoms with van der Waals surface area (Å²) in [5.74, 6) is -0.600. The Morgan fingerprint density at radius 3 is 2.52 bits per heavy atom. The van der Waals surface area contributed by atoms with Crippen LogP contribution >= 0.6 is 0 Å². The minimum absolute atomic E-state index is 0.0861. The number of aliphatic hydroxyl groups excluding tert-OH is 2. The third kappa shape index (κ3) is 7.29. The topological polar surface area (TPSA) is 72.8 Å². The fourth-order valence-corrected chi connectivity index (χ4v) is 1.86. The summed E-state index contributed by atoms with van der Waals surface area (Å²) >= 11 is 0. The van der Waals surface area contributed by atoms with Crippen LogP contribution in [0.15, 0.2) is 18.2 Å². The number of urea groups is 1. The van der Waals surface area contributed by atoms with Crippen LogP contribution in [0.4, 0.5) is 28.0 Å². The molecule has 0 fully saturated rings. The Kier molecular flexibility index (Phi) is 6.77. The average molecular weight is 338 g/mol. The largest absolute Gasteiger partial charge is 0.394 e. The lowest BCUT2D eigenvalue weighted by atomic mass is 10.2. The monoisotopic (exact) mass is 338 g/mol. The number of rotatable bonds is 6. The smallest absolute Gasteiger partial charge is 0.390 e. The van der Waals surface area contributed by atoms with Crippen LogP contribution in [0.1, 0.15) is 12.0 Å². The molecule has 3 N–H and O–H groups in total. The van der Waals surface area contributed by atoms with Gasteiger partial charge in [0, 0.05) is 12.2 Å². The van der Waals surface area contributed by atoms with Gasteiger partial charge in [-0.25, -0.2) is 9.18 Å². The molecule has 5 nitrogen and oxygen atoms in total. The average Bonchev–Trinajstić information content (AvgIpc) is 2.40. The minimum atomic E-state index is -4.47. The Morgan fingerprint density at radius 2 is 2.00 bits per heavy atom. The predicted octanol–water partition coefficient (Wildman–Crippen LogP) is 2.27. The second kappa shape index (κ2) is 8.11. The zero-order chi connectivity index (χ0) is 17.6. The maximum atomic E-state index is 13.3. The summed E-state index contributed by atoms with van der Waals surface area (Å²) in [4.78, 5) is 12.8. The molecule has 1 rings (SSSR count). The predicted molar refractivity (Wildman–Crippen MR) is 75.5 cm³/mol. The van der Waals surface area contributed by atoms with Gasteiger partial charge in [-0.05, 0) is 30.7 Å². The van der Waals surface area contributed by atoms with E-state index in [2.05, 4.69) is 5.32 Å². The van der Waals surface area contributed by atoms with Crippen molar-refractivity contribution in [3.63, 3.8) is 0 Å². The maximum absolute atomic E-state index is 13.3. The molecule has 0 aliphatic rings. The van der Waals surface area contributed by atoms with Gasteiger partial charge in [-0.2, -0.15) is 13.2 Å². The third-order valence-electron chi connectivity index (χ3n) is 2.89. The lowest BCUT2D eigenvalue weighted by Crippen LogP contribution is -2.43. The van der Waals surface area contributed by atoms with Gasteiger partial charge in [-0.3, -0.25) is 0 Å². The highest BCUT2D eigenvalue weighted by molar-refractivity contribution is 5.89. The Bertz CT molecular complexity index is 517. The highest BCUT2D eigenvalue weighted by Crippen LogP contribution is 2.20. The van der Waals surface area contributed by atoms with Crippen LogP contribution in [0.2, 0.25) is 0 Å². The molecule has 0 spiro atoms. The molecule has 0 heterocycles. The van der Waals surface area contributed by atoms with Crippen molar-refractivity contribution in [3.8, 4) is 0 Å². The van der Waals surface area contributed by atoms with Crippen molar-refractivity contribution in [2.45, 2.75) is 25.6 Å². The lowest BCUT2D eigenvalue weighted by Gasteiger charge is -2.25. The first-order chi connectivity index (χ1) is 10.6. The summed E-state index contributed by atoms with van der Waals surface area (Å²) in [5, 5.41) is 20.4. The molecule has 2 amide bonds. The standard InChI is InChI=1S/C14H18F4N2O3/c1-9-4-10(15)6-11(5-9)19-13(23)20(7-12(22)8-21)3-2-14(16,17)18/h4-6,12,21-22H,2-3,7-8H2,1H3,(H,19,23)/t12-/m0/s1. The van der Waals surface area contributed by atoms with Crippen LogP contribution in [0.5, 0.6) is 0 Å². The molecule has 1 aromatic carbocycles. The summed E-state index contributed by atoms with van der Waals surface area (Å²) in [6, 6.07) is 2.78. The van der Waals surface area contributed by atoms with Crippen molar-refractivity contribution in [3.05, 3.63) is 29.6 Å². The first-order valence-corrected chi connectivity index (χ1v) is 6.79. The Balaban J connectivity index is 2.80. The van der Waals surface area contributed by atoms with Crippen LogP contribution < -0.4 is 5.32 Å². The third-order valence-corrected chi connectivity index (χ3v) is 2.89. The minimum Gasteiger partial charge on any atom is -0.394 e. The van der Waals surface area contributed by atoms with Crippen molar-refractivity contribution in [1.29, 1.82) is 0 Å². The number of alkyl halides is 3. The molecule has 0 aliphatic carbocycles. The number of nitrogens with zero attached hydrogens (tertiary/aromatic N) is 1.